The maximum Gasteiger partial charge on any atom is 0.248 e. The van der Waals surface area contributed by atoms with Crippen molar-refractivity contribution in [1.82, 2.24) is 0 Å². The van der Waals surface area contributed by atoms with Gasteiger partial charge in [-0.05, 0) is 61.2 Å². The van der Waals surface area contributed by atoms with Crippen LogP contribution in [0, 0.1) is 0 Å². The molecule has 0 fully saturated rings. The van der Waals surface area contributed by atoms with Crippen molar-refractivity contribution in [2.45, 2.75) is 11.8 Å². The van der Waals surface area contributed by atoms with Gasteiger partial charge in [0.2, 0.25) is 5.91 Å². The van der Waals surface area contributed by atoms with Crippen LogP contribution < -0.4 is 5.32 Å². The van der Waals surface area contributed by atoms with E-state index in [4.69, 9.17) is 0 Å². The molecule has 0 unspecified atom stereocenters. The van der Waals surface area contributed by atoms with Gasteiger partial charge in [0, 0.05) is 22.2 Å². The molecule has 2 aromatic rings. The van der Waals surface area contributed by atoms with Crippen molar-refractivity contribution in [2.24, 2.45) is 0 Å². The minimum Gasteiger partial charge on any atom is -0.323 e. The Morgan fingerprint density at radius 1 is 1.00 bits per heavy atom. The predicted octanol–water partition coefficient (Wildman–Crippen LogP) is 4.26. The molecule has 0 heterocycles. The third-order valence-corrected chi connectivity index (χ3v) is 3.85. The van der Waals surface area contributed by atoms with Crippen molar-refractivity contribution in [3.8, 4) is 0 Å². The molecular formula is C18H17NO2S. The fourth-order valence-corrected chi connectivity index (χ4v) is 2.27. The quantitative estimate of drug-likeness (QED) is 0.510. The van der Waals surface area contributed by atoms with Crippen LogP contribution in [-0.2, 0) is 4.79 Å². The summed E-state index contributed by atoms with van der Waals surface area (Å²) in [5.41, 5.74) is 2.26. The SMILES string of the molecule is CSc1ccc(/C=C/C(=O)Nc2ccc(C(C)=O)cc2)cc1. The van der Waals surface area contributed by atoms with Crippen molar-refractivity contribution in [3.05, 3.63) is 65.7 Å². The molecule has 3 nitrogen and oxygen atoms in total. The predicted molar refractivity (Wildman–Crippen MR) is 92.3 cm³/mol. The van der Waals surface area contributed by atoms with E-state index < -0.39 is 0 Å². The molecule has 112 valence electrons. The average Bonchev–Trinajstić information content (AvgIpc) is 2.54. The maximum absolute atomic E-state index is 11.9. The summed E-state index contributed by atoms with van der Waals surface area (Å²) in [6, 6.07) is 14.8. The van der Waals surface area contributed by atoms with Gasteiger partial charge in [0.05, 0.1) is 0 Å². The van der Waals surface area contributed by atoms with E-state index in [2.05, 4.69) is 5.32 Å². The highest BCUT2D eigenvalue weighted by molar-refractivity contribution is 7.98. The highest BCUT2D eigenvalue weighted by atomic mass is 32.2. The Labute approximate surface area is 134 Å². The van der Waals surface area contributed by atoms with Crippen molar-refractivity contribution in [3.63, 3.8) is 0 Å². The summed E-state index contributed by atoms with van der Waals surface area (Å²) in [7, 11) is 0. The van der Waals surface area contributed by atoms with E-state index in [0.717, 1.165) is 5.56 Å². The summed E-state index contributed by atoms with van der Waals surface area (Å²) in [5, 5.41) is 2.76. The number of amides is 1. The van der Waals surface area contributed by atoms with E-state index in [-0.39, 0.29) is 11.7 Å². The van der Waals surface area contributed by atoms with E-state index in [0.29, 0.717) is 11.3 Å². The number of nitrogens with one attached hydrogen (secondary N) is 1. The molecular weight excluding hydrogens is 294 g/mol. The zero-order valence-corrected chi connectivity index (χ0v) is 13.3. The second-order valence-electron chi connectivity index (χ2n) is 4.73. The molecule has 0 aromatic heterocycles. The second-order valence-corrected chi connectivity index (χ2v) is 5.61. The highest BCUT2D eigenvalue weighted by Crippen LogP contribution is 2.15. The Kier molecular flexibility index (Phi) is 5.55. The van der Waals surface area contributed by atoms with Gasteiger partial charge in [-0.25, -0.2) is 0 Å². The molecule has 0 aliphatic carbocycles. The number of benzene rings is 2. The lowest BCUT2D eigenvalue weighted by Gasteiger charge is -2.03. The smallest absolute Gasteiger partial charge is 0.248 e. The van der Waals surface area contributed by atoms with Gasteiger partial charge in [0.25, 0.3) is 0 Å². The fraction of sp³-hybridized carbons (Fsp3) is 0.111. The monoisotopic (exact) mass is 311 g/mol. The molecule has 2 aromatic carbocycles. The van der Waals surface area contributed by atoms with Gasteiger partial charge in [0.15, 0.2) is 5.78 Å². The standard InChI is InChI=1S/C18H17NO2S/c1-13(20)15-6-8-16(9-7-15)19-18(21)12-5-14-3-10-17(22-2)11-4-14/h3-12H,1-2H3,(H,19,21)/b12-5+. The molecule has 0 radical (unpaired) electrons. The zero-order valence-electron chi connectivity index (χ0n) is 12.5. The lowest BCUT2D eigenvalue weighted by molar-refractivity contribution is -0.111. The largest absolute Gasteiger partial charge is 0.323 e. The van der Waals surface area contributed by atoms with E-state index in [9.17, 15) is 9.59 Å². The van der Waals surface area contributed by atoms with Crippen LogP contribution in [0.25, 0.3) is 6.08 Å². The third kappa shape index (κ3) is 4.60. The van der Waals surface area contributed by atoms with Gasteiger partial charge in [-0.15, -0.1) is 11.8 Å². The molecule has 1 amide bonds. The molecule has 1 N–H and O–H groups in total. The number of anilines is 1. The average molecular weight is 311 g/mol. The number of ketones is 1. The van der Waals surface area contributed by atoms with E-state index in [1.165, 1.54) is 17.9 Å². The molecule has 4 heteroatoms. The van der Waals surface area contributed by atoms with Crippen LogP contribution in [0.4, 0.5) is 5.69 Å². The van der Waals surface area contributed by atoms with Gasteiger partial charge in [0.1, 0.15) is 0 Å². The van der Waals surface area contributed by atoms with Gasteiger partial charge in [-0.2, -0.15) is 0 Å². The van der Waals surface area contributed by atoms with Crippen molar-refractivity contribution < 1.29 is 9.59 Å². The Balaban J connectivity index is 1.96. The number of hydrogen-bond acceptors (Lipinski definition) is 3. The summed E-state index contributed by atoms with van der Waals surface area (Å²) in [4.78, 5) is 24.2. The summed E-state index contributed by atoms with van der Waals surface area (Å²) >= 11 is 1.68. The van der Waals surface area contributed by atoms with Crippen LogP contribution in [0.3, 0.4) is 0 Å². The minimum absolute atomic E-state index is 0.00598. The molecule has 22 heavy (non-hydrogen) atoms. The molecule has 0 saturated carbocycles. The summed E-state index contributed by atoms with van der Waals surface area (Å²) < 4.78 is 0. The van der Waals surface area contributed by atoms with Crippen LogP contribution in [0.5, 0.6) is 0 Å². The number of rotatable bonds is 5. The van der Waals surface area contributed by atoms with Crippen LogP contribution in [0.1, 0.15) is 22.8 Å². The number of carbonyl (C=O) groups is 2. The van der Waals surface area contributed by atoms with Crippen LogP contribution in [0.15, 0.2) is 59.5 Å². The van der Waals surface area contributed by atoms with Crippen molar-refractivity contribution >= 4 is 35.2 Å². The number of thioether (sulfide) groups is 1. The highest BCUT2D eigenvalue weighted by Gasteiger charge is 2.01. The molecule has 0 spiro atoms. The lowest BCUT2D eigenvalue weighted by Crippen LogP contribution is -2.07. The normalized spacial score (nSPS) is 10.6. The van der Waals surface area contributed by atoms with Crippen molar-refractivity contribution in [2.75, 3.05) is 11.6 Å². The fourth-order valence-electron chi connectivity index (χ4n) is 1.86. The molecule has 0 aliphatic rings. The Morgan fingerprint density at radius 3 is 2.18 bits per heavy atom. The summed E-state index contributed by atoms with van der Waals surface area (Å²) in [6.45, 7) is 1.51. The first-order chi connectivity index (χ1) is 10.6. The Hall–Kier alpha value is -2.33. The molecule has 0 saturated heterocycles. The minimum atomic E-state index is -0.204. The first kappa shape index (κ1) is 16.0. The zero-order chi connectivity index (χ0) is 15.9. The van der Waals surface area contributed by atoms with Crippen molar-refractivity contribution in [1.29, 1.82) is 0 Å². The molecule has 0 aliphatic heterocycles. The summed E-state index contributed by atoms with van der Waals surface area (Å²) in [5.74, 6) is -0.198. The summed E-state index contributed by atoms with van der Waals surface area (Å²) in [6.07, 6.45) is 5.28. The van der Waals surface area contributed by atoms with E-state index in [1.807, 2.05) is 30.5 Å². The Bertz CT molecular complexity index is 688. The van der Waals surface area contributed by atoms with E-state index >= 15 is 0 Å². The molecule has 2 rings (SSSR count). The molecule has 0 bridgehead atoms. The van der Waals surface area contributed by atoms with Crippen LogP contribution >= 0.6 is 11.8 Å². The van der Waals surface area contributed by atoms with E-state index in [1.54, 1.807) is 42.1 Å². The maximum atomic E-state index is 11.9. The third-order valence-electron chi connectivity index (χ3n) is 3.10. The van der Waals surface area contributed by atoms with Crippen LogP contribution in [0.2, 0.25) is 0 Å². The first-order valence-electron chi connectivity index (χ1n) is 6.82. The number of carbonyl (C=O) groups excluding carboxylic acids is 2. The number of Topliss-reactive ketones (excluding diaryl/α,β-unsaturated/α-hetero) is 1. The van der Waals surface area contributed by atoms with Gasteiger partial charge in [-0.1, -0.05) is 12.1 Å². The first-order valence-corrected chi connectivity index (χ1v) is 8.05. The Morgan fingerprint density at radius 2 is 1.64 bits per heavy atom. The van der Waals surface area contributed by atoms with Crippen LogP contribution in [-0.4, -0.2) is 17.9 Å². The number of hydrogen-bond donors (Lipinski definition) is 1. The van der Waals surface area contributed by atoms with Gasteiger partial charge < -0.3 is 5.32 Å². The van der Waals surface area contributed by atoms with Gasteiger partial charge >= 0.3 is 0 Å². The second kappa shape index (κ2) is 7.61. The van der Waals surface area contributed by atoms with Gasteiger partial charge in [-0.3, -0.25) is 9.59 Å². The topological polar surface area (TPSA) is 46.2 Å². The molecule has 0 atom stereocenters. The lowest BCUT2D eigenvalue weighted by atomic mass is 10.1.